The summed E-state index contributed by atoms with van der Waals surface area (Å²) in [6.45, 7) is 4.82. The van der Waals surface area contributed by atoms with Crippen molar-refractivity contribution in [3.63, 3.8) is 0 Å². The number of para-hydroxylation sites is 1. The number of carbonyl (C=O) groups excluding carboxylic acids is 3. The van der Waals surface area contributed by atoms with Crippen molar-refractivity contribution in [2.24, 2.45) is 0 Å². The van der Waals surface area contributed by atoms with E-state index in [2.05, 4.69) is 16.0 Å². The molecule has 7 heteroatoms. The number of carbonyl (C=O) groups is 3. The summed E-state index contributed by atoms with van der Waals surface area (Å²) < 4.78 is 0. The van der Waals surface area contributed by atoms with Crippen LogP contribution in [0.25, 0.3) is 0 Å². The molecule has 0 spiro atoms. The third-order valence-electron chi connectivity index (χ3n) is 4.24. The summed E-state index contributed by atoms with van der Waals surface area (Å²) in [5.74, 6) is -0.651. The van der Waals surface area contributed by atoms with Crippen LogP contribution in [0, 0.1) is 6.92 Å². The summed E-state index contributed by atoms with van der Waals surface area (Å²) in [7, 11) is 0. The Labute approximate surface area is 171 Å². The van der Waals surface area contributed by atoms with Crippen LogP contribution in [0.2, 0.25) is 0 Å². The van der Waals surface area contributed by atoms with Crippen LogP contribution in [-0.2, 0) is 16.1 Å². The molecule has 2 aromatic rings. The van der Waals surface area contributed by atoms with Gasteiger partial charge in [0.25, 0.3) is 0 Å². The number of amides is 4. The first-order chi connectivity index (χ1) is 14.0. The first-order valence-corrected chi connectivity index (χ1v) is 9.67. The molecule has 0 aliphatic carbocycles. The number of rotatable bonds is 9. The van der Waals surface area contributed by atoms with Crippen molar-refractivity contribution in [3.05, 3.63) is 65.7 Å². The molecule has 0 bridgehead atoms. The number of nitrogens with one attached hydrogen (secondary N) is 3. The van der Waals surface area contributed by atoms with Crippen molar-refractivity contribution >= 4 is 23.5 Å². The van der Waals surface area contributed by atoms with E-state index in [0.29, 0.717) is 13.1 Å². The smallest absolute Gasteiger partial charge is 0.321 e. The zero-order chi connectivity index (χ0) is 21.1. The second-order valence-corrected chi connectivity index (χ2v) is 6.79. The lowest BCUT2D eigenvalue weighted by atomic mass is 10.2. The normalized spacial score (nSPS) is 10.4. The lowest BCUT2D eigenvalue weighted by Gasteiger charge is -2.20. The molecule has 29 heavy (non-hydrogen) atoms. The Morgan fingerprint density at radius 2 is 1.55 bits per heavy atom. The van der Waals surface area contributed by atoms with Gasteiger partial charge in [-0.1, -0.05) is 55.5 Å². The summed E-state index contributed by atoms with van der Waals surface area (Å²) in [5.41, 5.74) is 2.66. The summed E-state index contributed by atoms with van der Waals surface area (Å²) in [5, 5.41) is 7.81. The molecular formula is C22H28N4O3. The number of benzene rings is 2. The second-order valence-electron chi connectivity index (χ2n) is 6.79. The molecule has 3 N–H and O–H groups in total. The molecule has 0 saturated heterocycles. The van der Waals surface area contributed by atoms with E-state index in [-0.39, 0.29) is 19.0 Å². The SMILES string of the molecule is CCCN(CC(=O)NC(=O)NCc1ccccc1)CC(=O)Nc1ccccc1C. The molecule has 2 rings (SSSR count). The van der Waals surface area contributed by atoms with Crippen molar-refractivity contribution in [1.29, 1.82) is 0 Å². The first kappa shape index (κ1) is 22.1. The van der Waals surface area contributed by atoms with Crippen LogP contribution in [0.4, 0.5) is 10.5 Å². The minimum atomic E-state index is -0.556. The van der Waals surface area contributed by atoms with Crippen LogP contribution in [0.15, 0.2) is 54.6 Å². The number of hydrogen-bond donors (Lipinski definition) is 3. The first-order valence-electron chi connectivity index (χ1n) is 9.67. The lowest BCUT2D eigenvalue weighted by Crippen LogP contribution is -2.46. The van der Waals surface area contributed by atoms with Gasteiger partial charge in [0.05, 0.1) is 13.1 Å². The van der Waals surface area contributed by atoms with Gasteiger partial charge in [-0.15, -0.1) is 0 Å². The predicted octanol–water partition coefficient (Wildman–Crippen LogP) is 2.67. The Morgan fingerprint density at radius 1 is 0.897 bits per heavy atom. The maximum Gasteiger partial charge on any atom is 0.321 e. The Bertz CT molecular complexity index is 824. The van der Waals surface area contributed by atoms with Crippen LogP contribution in [0.5, 0.6) is 0 Å². The maximum atomic E-state index is 12.3. The Balaban J connectivity index is 1.80. The molecule has 0 saturated carbocycles. The number of aryl methyl sites for hydroxylation is 1. The highest BCUT2D eigenvalue weighted by atomic mass is 16.2. The van der Waals surface area contributed by atoms with Gasteiger partial charge >= 0.3 is 6.03 Å². The molecule has 0 radical (unpaired) electrons. The zero-order valence-corrected chi connectivity index (χ0v) is 16.9. The van der Waals surface area contributed by atoms with Gasteiger partial charge in [0.2, 0.25) is 11.8 Å². The van der Waals surface area contributed by atoms with Gasteiger partial charge in [0, 0.05) is 12.2 Å². The minimum absolute atomic E-state index is 0.0339. The van der Waals surface area contributed by atoms with E-state index in [0.717, 1.165) is 23.2 Å². The topological polar surface area (TPSA) is 90.5 Å². The van der Waals surface area contributed by atoms with Crippen LogP contribution >= 0.6 is 0 Å². The highest BCUT2D eigenvalue weighted by Gasteiger charge is 2.16. The van der Waals surface area contributed by atoms with Crippen LogP contribution < -0.4 is 16.0 Å². The van der Waals surface area contributed by atoms with Gasteiger partial charge in [-0.3, -0.25) is 19.8 Å². The number of nitrogens with zero attached hydrogens (tertiary/aromatic N) is 1. The second kappa shape index (κ2) is 11.6. The molecule has 0 aliphatic heterocycles. The lowest BCUT2D eigenvalue weighted by molar-refractivity contribution is -0.122. The largest absolute Gasteiger partial charge is 0.334 e. The van der Waals surface area contributed by atoms with E-state index in [1.807, 2.05) is 68.4 Å². The number of imide groups is 1. The number of hydrogen-bond acceptors (Lipinski definition) is 4. The van der Waals surface area contributed by atoms with Crippen LogP contribution in [0.1, 0.15) is 24.5 Å². The fourth-order valence-corrected chi connectivity index (χ4v) is 2.83. The average molecular weight is 396 g/mol. The molecule has 0 aliphatic rings. The quantitative estimate of drug-likeness (QED) is 0.608. The Kier molecular flexibility index (Phi) is 8.85. The van der Waals surface area contributed by atoms with Crippen molar-refractivity contribution in [2.45, 2.75) is 26.8 Å². The van der Waals surface area contributed by atoms with Crippen LogP contribution in [0.3, 0.4) is 0 Å². The molecule has 0 atom stereocenters. The third kappa shape index (κ3) is 8.15. The van der Waals surface area contributed by atoms with Crippen molar-refractivity contribution < 1.29 is 14.4 Å². The fraction of sp³-hybridized carbons (Fsp3) is 0.318. The monoisotopic (exact) mass is 396 g/mol. The van der Waals surface area contributed by atoms with E-state index in [4.69, 9.17) is 0 Å². The minimum Gasteiger partial charge on any atom is -0.334 e. The van der Waals surface area contributed by atoms with E-state index in [1.54, 1.807) is 4.90 Å². The van der Waals surface area contributed by atoms with Gasteiger partial charge in [-0.2, -0.15) is 0 Å². The van der Waals surface area contributed by atoms with Gasteiger partial charge < -0.3 is 10.6 Å². The Morgan fingerprint density at radius 3 is 2.24 bits per heavy atom. The van der Waals surface area contributed by atoms with Gasteiger partial charge in [0.15, 0.2) is 0 Å². The summed E-state index contributed by atoms with van der Waals surface area (Å²) in [6, 6.07) is 16.4. The third-order valence-corrected chi connectivity index (χ3v) is 4.24. The van der Waals surface area contributed by atoms with Gasteiger partial charge in [0.1, 0.15) is 0 Å². The van der Waals surface area contributed by atoms with Crippen molar-refractivity contribution in [1.82, 2.24) is 15.5 Å². The number of anilines is 1. The van der Waals surface area contributed by atoms with E-state index >= 15 is 0 Å². The fourth-order valence-electron chi connectivity index (χ4n) is 2.83. The molecule has 0 fully saturated rings. The molecule has 154 valence electrons. The zero-order valence-electron chi connectivity index (χ0n) is 16.9. The Hall–Kier alpha value is -3.19. The highest BCUT2D eigenvalue weighted by Crippen LogP contribution is 2.12. The summed E-state index contributed by atoms with van der Waals surface area (Å²) >= 11 is 0. The maximum absolute atomic E-state index is 12.3. The molecular weight excluding hydrogens is 368 g/mol. The molecule has 2 aromatic carbocycles. The van der Waals surface area contributed by atoms with E-state index < -0.39 is 11.9 Å². The predicted molar refractivity (Wildman–Crippen MR) is 113 cm³/mol. The van der Waals surface area contributed by atoms with E-state index in [9.17, 15) is 14.4 Å². The van der Waals surface area contributed by atoms with Gasteiger partial charge in [-0.05, 0) is 37.1 Å². The average Bonchev–Trinajstić information content (AvgIpc) is 2.69. The molecule has 4 amide bonds. The standard InChI is InChI=1S/C22H28N4O3/c1-3-13-26(15-20(27)24-19-12-8-7-9-17(19)2)16-21(28)25-22(29)23-14-18-10-5-4-6-11-18/h4-12H,3,13-16H2,1-2H3,(H,24,27)(H2,23,25,28,29). The van der Waals surface area contributed by atoms with Crippen molar-refractivity contribution in [3.8, 4) is 0 Å². The molecule has 7 nitrogen and oxygen atoms in total. The molecule has 0 aromatic heterocycles. The summed E-state index contributed by atoms with van der Waals surface area (Å²) in [6.07, 6.45) is 0.783. The molecule has 0 heterocycles. The molecule has 0 unspecified atom stereocenters. The van der Waals surface area contributed by atoms with Crippen molar-refractivity contribution in [2.75, 3.05) is 25.0 Å². The van der Waals surface area contributed by atoms with Gasteiger partial charge in [-0.25, -0.2) is 4.79 Å². The number of urea groups is 1. The summed E-state index contributed by atoms with van der Waals surface area (Å²) in [4.78, 5) is 38.2. The van der Waals surface area contributed by atoms with Crippen LogP contribution in [-0.4, -0.2) is 42.4 Å². The van der Waals surface area contributed by atoms with E-state index in [1.165, 1.54) is 0 Å². The highest BCUT2D eigenvalue weighted by molar-refractivity contribution is 5.96.